The molecule has 0 aromatic heterocycles. The van der Waals surface area contributed by atoms with Crippen LogP contribution in [0, 0.1) is 5.92 Å². The summed E-state index contributed by atoms with van der Waals surface area (Å²) in [5, 5.41) is 3.58. The van der Waals surface area contributed by atoms with Crippen LogP contribution in [0.5, 0.6) is 0 Å². The molecule has 0 bridgehead atoms. The van der Waals surface area contributed by atoms with Gasteiger partial charge in [0.2, 0.25) is 0 Å². The van der Waals surface area contributed by atoms with E-state index in [4.69, 9.17) is 0 Å². The standard InChI is InChI=1S/C16H25NO/c1-5-12(2)10-17-14(4)13(3)16-8-6-7-15(9-16)11-18/h6-9,11-14,17H,5,10H2,1-4H3. The first-order valence-electron chi connectivity index (χ1n) is 6.87. The van der Waals surface area contributed by atoms with Crippen LogP contribution in [0.3, 0.4) is 0 Å². The minimum atomic E-state index is 0.411. The van der Waals surface area contributed by atoms with E-state index in [9.17, 15) is 4.79 Å². The van der Waals surface area contributed by atoms with Gasteiger partial charge in [-0.3, -0.25) is 4.79 Å². The van der Waals surface area contributed by atoms with E-state index in [0.717, 1.165) is 18.4 Å². The van der Waals surface area contributed by atoms with Gasteiger partial charge < -0.3 is 5.32 Å². The van der Waals surface area contributed by atoms with Crippen LogP contribution < -0.4 is 5.32 Å². The van der Waals surface area contributed by atoms with Crippen LogP contribution in [0.4, 0.5) is 0 Å². The molecule has 2 nitrogen and oxygen atoms in total. The molecule has 0 aliphatic rings. The van der Waals surface area contributed by atoms with Gasteiger partial charge in [0, 0.05) is 11.6 Å². The lowest BCUT2D eigenvalue weighted by Gasteiger charge is -2.23. The summed E-state index contributed by atoms with van der Waals surface area (Å²) in [6, 6.07) is 8.30. The van der Waals surface area contributed by atoms with Crippen molar-refractivity contribution in [1.82, 2.24) is 5.32 Å². The number of carbonyl (C=O) groups is 1. The first kappa shape index (κ1) is 14.9. The Bertz CT molecular complexity index is 375. The highest BCUT2D eigenvalue weighted by molar-refractivity contribution is 5.75. The molecule has 18 heavy (non-hydrogen) atoms. The van der Waals surface area contributed by atoms with Crippen molar-refractivity contribution in [3.63, 3.8) is 0 Å². The first-order chi connectivity index (χ1) is 8.58. The van der Waals surface area contributed by atoms with Crippen molar-refractivity contribution in [3.05, 3.63) is 35.4 Å². The maximum absolute atomic E-state index is 10.8. The molecule has 1 rings (SSSR count). The average Bonchev–Trinajstić information content (AvgIpc) is 2.43. The third-order valence-electron chi connectivity index (χ3n) is 3.81. The molecule has 0 spiro atoms. The monoisotopic (exact) mass is 247 g/mol. The highest BCUT2D eigenvalue weighted by atomic mass is 16.1. The lowest BCUT2D eigenvalue weighted by Crippen LogP contribution is -2.34. The zero-order valence-electron chi connectivity index (χ0n) is 11.9. The fraction of sp³-hybridized carbons (Fsp3) is 0.562. The molecule has 1 aromatic rings. The highest BCUT2D eigenvalue weighted by Crippen LogP contribution is 2.20. The van der Waals surface area contributed by atoms with E-state index in [2.05, 4.69) is 39.1 Å². The molecule has 2 heteroatoms. The minimum Gasteiger partial charge on any atom is -0.313 e. The Morgan fingerprint density at radius 1 is 1.28 bits per heavy atom. The highest BCUT2D eigenvalue weighted by Gasteiger charge is 2.14. The zero-order valence-corrected chi connectivity index (χ0v) is 11.9. The molecule has 0 fully saturated rings. The van der Waals surface area contributed by atoms with Gasteiger partial charge in [-0.05, 0) is 36.9 Å². The normalized spacial score (nSPS) is 16.0. The number of hydrogen-bond acceptors (Lipinski definition) is 2. The molecule has 100 valence electrons. The van der Waals surface area contributed by atoms with Crippen LogP contribution in [0.15, 0.2) is 24.3 Å². The lowest BCUT2D eigenvalue weighted by atomic mass is 9.93. The van der Waals surface area contributed by atoms with Gasteiger partial charge in [-0.1, -0.05) is 45.4 Å². The Hall–Kier alpha value is -1.15. The smallest absolute Gasteiger partial charge is 0.150 e. The molecule has 0 saturated heterocycles. The van der Waals surface area contributed by atoms with Crippen molar-refractivity contribution in [2.75, 3.05) is 6.54 Å². The van der Waals surface area contributed by atoms with E-state index in [1.807, 2.05) is 18.2 Å². The molecule has 1 aromatic carbocycles. The van der Waals surface area contributed by atoms with Crippen LogP contribution in [0.25, 0.3) is 0 Å². The quantitative estimate of drug-likeness (QED) is 0.745. The molecule has 0 aliphatic carbocycles. The molecule has 0 aliphatic heterocycles. The molecular formula is C16H25NO. The summed E-state index contributed by atoms with van der Waals surface area (Å²) >= 11 is 0. The maximum atomic E-state index is 10.8. The topological polar surface area (TPSA) is 29.1 Å². The number of hydrogen-bond donors (Lipinski definition) is 1. The summed E-state index contributed by atoms with van der Waals surface area (Å²) < 4.78 is 0. The number of carbonyl (C=O) groups excluding carboxylic acids is 1. The van der Waals surface area contributed by atoms with Crippen LogP contribution in [-0.4, -0.2) is 18.9 Å². The summed E-state index contributed by atoms with van der Waals surface area (Å²) in [6.07, 6.45) is 2.11. The fourth-order valence-corrected chi connectivity index (χ4v) is 1.91. The maximum Gasteiger partial charge on any atom is 0.150 e. The van der Waals surface area contributed by atoms with Gasteiger partial charge in [-0.15, -0.1) is 0 Å². The van der Waals surface area contributed by atoms with Crippen molar-refractivity contribution < 1.29 is 4.79 Å². The largest absolute Gasteiger partial charge is 0.313 e. The Labute approximate surface area is 111 Å². The Morgan fingerprint density at radius 3 is 2.61 bits per heavy atom. The second kappa shape index (κ2) is 7.32. The van der Waals surface area contributed by atoms with Gasteiger partial charge in [0.25, 0.3) is 0 Å². The van der Waals surface area contributed by atoms with Gasteiger partial charge in [0.1, 0.15) is 6.29 Å². The fourth-order valence-electron chi connectivity index (χ4n) is 1.91. The number of rotatable bonds is 7. The summed E-state index contributed by atoms with van der Waals surface area (Å²) in [6.45, 7) is 9.94. The Kier molecular flexibility index (Phi) is 6.06. The molecule has 0 heterocycles. The van der Waals surface area contributed by atoms with Crippen molar-refractivity contribution in [2.45, 2.75) is 46.1 Å². The van der Waals surface area contributed by atoms with Crippen molar-refractivity contribution in [2.24, 2.45) is 5.92 Å². The summed E-state index contributed by atoms with van der Waals surface area (Å²) in [5.74, 6) is 1.12. The van der Waals surface area contributed by atoms with E-state index in [1.54, 1.807) is 0 Å². The van der Waals surface area contributed by atoms with Crippen LogP contribution >= 0.6 is 0 Å². The third-order valence-corrected chi connectivity index (χ3v) is 3.81. The van der Waals surface area contributed by atoms with Crippen LogP contribution in [0.2, 0.25) is 0 Å². The van der Waals surface area contributed by atoms with E-state index < -0.39 is 0 Å². The molecule has 3 atom stereocenters. The minimum absolute atomic E-state index is 0.411. The Morgan fingerprint density at radius 2 is 2.00 bits per heavy atom. The van der Waals surface area contributed by atoms with Crippen molar-refractivity contribution in [1.29, 1.82) is 0 Å². The number of benzene rings is 1. The number of nitrogens with one attached hydrogen (secondary N) is 1. The van der Waals surface area contributed by atoms with Crippen molar-refractivity contribution in [3.8, 4) is 0 Å². The van der Waals surface area contributed by atoms with Crippen molar-refractivity contribution >= 4 is 6.29 Å². The van der Waals surface area contributed by atoms with Gasteiger partial charge in [-0.2, -0.15) is 0 Å². The van der Waals surface area contributed by atoms with E-state index in [0.29, 0.717) is 17.9 Å². The summed E-state index contributed by atoms with van der Waals surface area (Å²) in [5.41, 5.74) is 1.98. The molecular weight excluding hydrogens is 222 g/mol. The van der Waals surface area contributed by atoms with E-state index in [-0.39, 0.29) is 0 Å². The van der Waals surface area contributed by atoms with Crippen LogP contribution in [0.1, 0.15) is 56.0 Å². The number of aldehydes is 1. The predicted octanol–water partition coefficient (Wildman–Crippen LogP) is 3.63. The first-order valence-corrected chi connectivity index (χ1v) is 6.87. The molecule has 3 unspecified atom stereocenters. The SMILES string of the molecule is CCC(C)CNC(C)C(C)c1cccc(C=O)c1. The second-order valence-corrected chi connectivity index (χ2v) is 5.29. The zero-order chi connectivity index (χ0) is 13.5. The summed E-state index contributed by atoms with van der Waals surface area (Å²) in [7, 11) is 0. The van der Waals surface area contributed by atoms with Crippen LogP contribution in [-0.2, 0) is 0 Å². The molecule has 0 amide bonds. The Balaban J connectivity index is 2.61. The predicted molar refractivity (Wildman–Crippen MR) is 77.2 cm³/mol. The third kappa shape index (κ3) is 4.26. The molecule has 0 radical (unpaired) electrons. The molecule has 1 N–H and O–H groups in total. The average molecular weight is 247 g/mol. The van der Waals surface area contributed by atoms with Gasteiger partial charge >= 0.3 is 0 Å². The van der Waals surface area contributed by atoms with Gasteiger partial charge in [0.05, 0.1) is 0 Å². The van der Waals surface area contributed by atoms with Gasteiger partial charge in [0.15, 0.2) is 0 Å². The lowest BCUT2D eigenvalue weighted by molar-refractivity contribution is 0.112. The van der Waals surface area contributed by atoms with Gasteiger partial charge in [-0.25, -0.2) is 0 Å². The molecule has 0 saturated carbocycles. The summed E-state index contributed by atoms with van der Waals surface area (Å²) in [4.78, 5) is 10.8. The van der Waals surface area contributed by atoms with E-state index in [1.165, 1.54) is 12.0 Å². The second-order valence-electron chi connectivity index (χ2n) is 5.29. The van der Waals surface area contributed by atoms with E-state index >= 15 is 0 Å².